The van der Waals surface area contributed by atoms with Crippen LogP contribution in [0, 0.1) is 51.4 Å². The number of aromatic nitrogens is 1. The zero-order chi connectivity index (χ0) is 30.7. The lowest BCUT2D eigenvalue weighted by Gasteiger charge is -2.30. The number of nitrogens with zero attached hydrogens (tertiary/aromatic N) is 1. The van der Waals surface area contributed by atoms with Crippen molar-refractivity contribution in [3.63, 3.8) is 0 Å². The third kappa shape index (κ3) is 14.8. The number of hydrogen-bond donors (Lipinski definition) is 2. The zero-order valence-electron chi connectivity index (χ0n) is 25.9. The Morgan fingerprint density at radius 1 is 0.854 bits per heavy atom. The minimum absolute atomic E-state index is 0.139. The van der Waals surface area contributed by atoms with E-state index in [1.807, 2.05) is 0 Å². The van der Waals surface area contributed by atoms with Crippen LogP contribution in [0.1, 0.15) is 93.5 Å². The number of nitrogens with one attached hydrogen (secondary N) is 1. The van der Waals surface area contributed by atoms with Crippen LogP contribution < -0.4 is 15.6 Å². The van der Waals surface area contributed by atoms with Crippen LogP contribution in [0.3, 0.4) is 0 Å². The molecule has 1 aromatic rings. The zero-order valence-corrected chi connectivity index (χ0v) is 25.9. The van der Waals surface area contributed by atoms with Crippen molar-refractivity contribution in [1.82, 2.24) is 4.90 Å². The van der Waals surface area contributed by atoms with Gasteiger partial charge in [0.05, 0.1) is 32.0 Å². The van der Waals surface area contributed by atoms with E-state index in [-0.39, 0.29) is 5.92 Å². The number of terminal acetylenes is 3. The molecule has 224 valence electrons. The van der Waals surface area contributed by atoms with Crippen molar-refractivity contribution < 1.29 is 20.4 Å². The van der Waals surface area contributed by atoms with Crippen molar-refractivity contribution in [1.29, 1.82) is 0 Å². The van der Waals surface area contributed by atoms with Gasteiger partial charge in [-0.15, -0.1) is 38.5 Å². The first-order chi connectivity index (χ1) is 20.2. The van der Waals surface area contributed by atoms with Crippen molar-refractivity contribution in [2.45, 2.75) is 90.0 Å². The summed E-state index contributed by atoms with van der Waals surface area (Å²) in [7, 11) is 2.09. The van der Waals surface area contributed by atoms with Gasteiger partial charge in [0.2, 0.25) is 11.6 Å². The van der Waals surface area contributed by atoms with E-state index in [0.29, 0.717) is 11.8 Å². The number of hydrogen-bond acceptors (Lipinski definition) is 1. The van der Waals surface area contributed by atoms with E-state index in [4.69, 9.17) is 0 Å². The molecule has 2 saturated heterocycles. The van der Waals surface area contributed by atoms with Gasteiger partial charge in [0, 0.05) is 31.6 Å². The van der Waals surface area contributed by atoms with E-state index >= 15 is 0 Å². The van der Waals surface area contributed by atoms with E-state index in [1.165, 1.54) is 87.6 Å². The number of allylic oxidation sites excluding steroid dienone is 4. The van der Waals surface area contributed by atoms with Crippen LogP contribution >= 0.6 is 0 Å². The first-order valence-corrected chi connectivity index (χ1v) is 15.4. The highest BCUT2D eigenvalue weighted by atomic mass is 16.2. The summed E-state index contributed by atoms with van der Waals surface area (Å²) in [5.41, 5.74) is 3.81. The topological polar surface area (TPSA) is 67.7 Å². The minimum Gasteiger partial charge on any atom is -0.345 e. The monoisotopic (exact) mass is 561 g/mol. The van der Waals surface area contributed by atoms with Crippen LogP contribution in [-0.4, -0.2) is 44.0 Å². The highest BCUT2D eigenvalue weighted by Crippen LogP contribution is 2.29. The summed E-state index contributed by atoms with van der Waals surface area (Å²) in [5, 5.41) is 4.51. The molecule has 1 amide bonds. The van der Waals surface area contributed by atoms with E-state index < -0.39 is 0 Å². The molecular weight excluding hydrogens is 504 g/mol. The maximum Gasteiger partial charge on any atom is 0.238 e. The molecule has 0 radical (unpaired) electrons. The Morgan fingerprint density at radius 3 is 1.83 bits per heavy atom. The number of pyridine rings is 1. The van der Waals surface area contributed by atoms with E-state index in [0.717, 1.165) is 32.7 Å². The Balaban J connectivity index is 0.000000723. The van der Waals surface area contributed by atoms with E-state index in [9.17, 15) is 4.79 Å². The van der Waals surface area contributed by atoms with Gasteiger partial charge in [-0.25, -0.2) is 4.98 Å². The molecule has 3 fully saturated rings. The Labute approximate surface area is 252 Å². The van der Waals surface area contributed by atoms with Crippen molar-refractivity contribution in [2.24, 2.45) is 5.92 Å². The largest absolute Gasteiger partial charge is 0.345 e. The first-order valence-electron chi connectivity index (χ1n) is 15.4. The summed E-state index contributed by atoms with van der Waals surface area (Å²) in [6.45, 7) is 6.91. The molecule has 0 aromatic carbocycles. The van der Waals surface area contributed by atoms with Crippen LogP contribution in [0.5, 0.6) is 0 Å². The molecule has 1 aromatic heterocycles. The maximum atomic E-state index is 13.0. The average molecular weight is 562 g/mol. The SMILES string of the molecule is C#C.C#C.C#C.C1=CCCC=C1.C1CCCCC1.C[NH2+]Cc1[nH+]c(C)ccc1[C@@H]1C[NH2+]CC1C(=O)N1CCCCC1. The Hall–Kier alpha value is -3.30. The molecule has 2 aliphatic heterocycles. The lowest BCUT2D eigenvalue weighted by atomic mass is 9.86. The lowest BCUT2D eigenvalue weighted by molar-refractivity contribution is -0.656. The van der Waals surface area contributed by atoms with Gasteiger partial charge in [0.15, 0.2) is 12.2 Å². The van der Waals surface area contributed by atoms with E-state index in [1.54, 1.807) is 0 Å². The molecule has 5 rings (SSSR count). The Morgan fingerprint density at radius 2 is 1.37 bits per heavy atom. The molecule has 0 bridgehead atoms. The third-order valence-corrected chi connectivity index (χ3v) is 7.71. The van der Waals surface area contributed by atoms with Crippen LogP contribution in [0.4, 0.5) is 0 Å². The summed E-state index contributed by atoms with van der Waals surface area (Å²) < 4.78 is 0. The second-order valence-corrected chi connectivity index (χ2v) is 10.6. The first kappa shape index (κ1) is 37.7. The molecule has 5 nitrogen and oxygen atoms in total. The number of aromatic amines is 1. The smallest absolute Gasteiger partial charge is 0.238 e. The molecule has 41 heavy (non-hydrogen) atoms. The van der Waals surface area contributed by atoms with Gasteiger partial charge in [0.25, 0.3) is 0 Å². The molecule has 2 aliphatic carbocycles. The van der Waals surface area contributed by atoms with Crippen LogP contribution in [0.2, 0.25) is 0 Å². The fraction of sp³-hybridized carbons (Fsp3) is 0.556. The van der Waals surface area contributed by atoms with Gasteiger partial charge in [-0.3, -0.25) is 4.79 Å². The highest BCUT2D eigenvalue weighted by molar-refractivity contribution is 5.80. The predicted octanol–water partition coefficient (Wildman–Crippen LogP) is 3.77. The summed E-state index contributed by atoms with van der Waals surface area (Å²) in [6.07, 6.45) is 47.6. The summed E-state index contributed by atoms with van der Waals surface area (Å²) in [6, 6.07) is 4.39. The fourth-order valence-electron chi connectivity index (χ4n) is 5.74. The number of H-pyrrole nitrogens is 1. The van der Waals surface area contributed by atoms with Crippen LogP contribution in [0.25, 0.3) is 0 Å². The van der Waals surface area contributed by atoms with Gasteiger partial charge < -0.3 is 15.5 Å². The van der Waals surface area contributed by atoms with Crippen molar-refractivity contribution in [2.75, 3.05) is 33.2 Å². The van der Waals surface area contributed by atoms with Gasteiger partial charge in [-0.05, 0) is 38.2 Å². The fourth-order valence-corrected chi connectivity index (χ4v) is 5.74. The standard InChI is InChI=1S/C18H28N4O.C6H12.C6H8.3C2H2/c1-13-6-7-14(17(21-13)12-19-2)15-10-20-11-16(15)18(23)22-8-4-3-5-9-22;2*1-2-4-6-5-3-1;3*1-2/h6-7,15-16,19-20H,3-5,8-12H2,1-2H3;1-6H2;1-4H,5-6H2;3*1-2H/p+3/t15-,16?;;;;;/m0...../s1. The number of carbonyl (C=O) groups is 1. The number of amides is 1. The third-order valence-electron chi connectivity index (χ3n) is 7.71. The number of quaternary nitrogens is 2. The second-order valence-electron chi connectivity index (χ2n) is 10.6. The normalized spacial score (nSPS) is 20.3. The predicted molar refractivity (Wildman–Crippen MR) is 172 cm³/mol. The highest BCUT2D eigenvalue weighted by Gasteiger charge is 2.42. The molecule has 0 spiro atoms. The lowest BCUT2D eigenvalue weighted by Crippen LogP contribution is -2.81. The summed E-state index contributed by atoms with van der Waals surface area (Å²) in [4.78, 5) is 18.6. The Kier molecular flexibility index (Phi) is 23.6. The quantitative estimate of drug-likeness (QED) is 0.540. The maximum absolute atomic E-state index is 13.0. The van der Waals surface area contributed by atoms with Gasteiger partial charge >= 0.3 is 0 Å². The van der Waals surface area contributed by atoms with Gasteiger partial charge in [0.1, 0.15) is 0 Å². The van der Waals surface area contributed by atoms with Crippen LogP contribution in [-0.2, 0) is 11.3 Å². The minimum atomic E-state index is 0.139. The molecular formula is C36H57N4O+3. The van der Waals surface area contributed by atoms with Crippen molar-refractivity contribution in [3.8, 4) is 38.5 Å². The van der Waals surface area contributed by atoms with Gasteiger partial charge in [-0.1, -0.05) is 62.8 Å². The average Bonchev–Trinajstić information content (AvgIpc) is 3.56. The molecule has 3 heterocycles. The molecule has 1 saturated carbocycles. The molecule has 4 aliphatic rings. The molecule has 2 atom stereocenters. The molecule has 5 heteroatoms. The van der Waals surface area contributed by atoms with Crippen molar-refractivity contribution in [3.05, 3.63) is 53.4 Å². The molecule has 5 N–H and O–H groups in total. The summed E-state index contributed by atoms with van der Waals surface area (Å²) >= 11 is 0. The van der Waals surface area contributed by atoms with Gasteiger partial charge in [-0.2, -0.15) is 0 Å². The number of nitrogens with two attached hydrogens (primary N) is 2. The number of aryl methyl sites for hydroxylation is 1. The summed E-state index contributed by atoms with van der Waals surface area (Å²) in [5.74, 6) is 0.867. The Bertz CT molecular complexity index is 895. The second kappa shape index (κ2) is 25.7. The number of rotatable bonds is 4. The number of carbonyl (C=O) groups excluding carboxylic acids is 1. The van der Waals surface area contributed by atoms with Crippen molar-refractivity contribution >= 4 is 5.91 Å². The number of likely N-dealkylation sites (tertiary alicyclic amines) is 1. The van der Waals surface area contributed by atoms with E-state index in [2.05, 4.69) is 109 Å². The number of piperidine rings is 1. The molecule has 1 unspecified atom stereocenters. The van der Waals surface area contributed by atoms with Crippen LogP contribution in [0.15, 0.2) is 36.4 Å².